The molecule has 0 radical (unpaired) electrons. The molecule has 1 amide bonds. The van der Waals surface area contributed by atoms with E-state index in [-0.39, 0.29) is 12.5 Å². The monoisotopic (exact) mass is 415 g/mol. The number of piperidine rings is 1. The van der Waals surface area contributed by atoms with Crippen molar-refractivity contribution in [1.29, 1.82) is 0 Å². The number of rotatable bonds is 7. The lowest BCUT2D eigenvalue weighted by Crippen LogP contribution is -2.36. The molecular formula is C22H29N3O3S. The Hall–Kier alpha value is -2.38. The summed E-state index contributed by atoms with van der Waals surface area (Å²) in [6.07, 6.45) is 3.82. The van der Waals surface area contributed by atoms with E-state index in [4.69, 9.17) is 0 Å². The van der Waals surface area contributed by atoms with Crippen LogP contribution in [0.1, 0.15) is 37.3 Å². The predicted octanol–water partition coefficient (Wildman–Crippen LogP) is 3.78. The smallest absolute Gasteiger partial charge is 0.243 e. The molecule has 0 unspecified atom stereocenters. The van der Waals surface area contributed by atoms with E-state index in [2.05, 4.69) is 17.6 Å². The van der Waals surface area contributed by atoms with Gasteiger partial charge in [0.25, 0.3) is 0 Å². The van der Waals surface area contributed by atoms with Crippen molar-refractivity contribution in [3.05, 3.63) is 53.6 Å². The van der Waals surface area contributed by atoms with Crippen molar-refractivity contribution < 1.29 is 13.2 Å². The third-order valence-electron chi connectivity index (χ3n) is 5.22. The first-order valence-electron chi connectivity index (χ1n) is 10.1. The Balaban J connectivity index is 1.65. The Morgan fingerprint density at radius 1 is 1.00 bits per heavy atom. The number of amides is 1. The number of nitrogens with one attached hydrogen (secondary N) is 2. The van der Waals surface area contributed by atoms with Gasteiger partial charge in [-0.2, -0.15) is 4.31 Å². The average molecular weight is 416 g/mol. The first-order chi connectivity index (χ1) is 13.9. The van der Waals surface area contributed by atoms with E-state index < -0.39 is 10.0 Å². The SMILES string of the molecule is CCc1ccc(NC(=O)CNc2ccc(C)c(S(=O)(=O)N3CCCCC3)c2)cc1. The van der Waals surface area contributed by atoms with E-state index >= 15 is 0 Å². The highest BCUT2D eigenvalue weighted by atomic mass is 32.2. The molecule has 2 aromatic carbocycles. The molecule has 0 saturated carbocycles. The zero-order valence-corrected chi connectivity index (χ0v) is 17.9. The summed E-state index contributed by atoms with van der Waals surface area (Å²) in [4.78, 5) is 12.5. The second-order valence-electron chi connectivity index (χ2n) is 7.40. The highest BCUT2D eigenvalue weighted by Gasteiger charge is 2.27. The van der Waals surface area contributed by atoms with Gasteiger partial charge < -0.3 is 10.6 Å². The summed E-state index contributed by atoms with van der Waals surface area (Å²) in [5, 5.41) is 5.88. The van der Waals surface area contributed by atoms with E-state index in [9.17, 15) is 13.2 Å². The first-order valence-corrected chi connectivity index (χ1v) is 11.6. The van der Waals surface area contributed by atoms with E-state index in [1.165, 1.54) is 5.56 Å². The number of hydrogen-bond acceptors (Lipinski definition) is 4. The molecule has 0 aliphatic carbocycles. The normalized spacial score (nSPS) is 15.1. The summed E-state index contributed by atoms with van der Waals surface area (Å²) in [6.45, 7) is 5.07. The van der Waals surface area contributed by atoms with Crippen LogP contribution in [0.15, 0.2) is 47.4 Å². The molecule has 0 bridgehead atoms. The molecule has 2 aromatic rings. The minimum atomic E-state index is -3.52. The molecule has 1 saturated heterocycles. The fourth-order valence-corrected chi connectivity index (χ4v) is 5.21. The molecule has 0 atom stereocenters. The van der Waals surface area contributed by atoms with Crippen molar-refractivity contribution in [1.82, 2.24) is 4.31 Å². The zero-order chi connectivity index (χ0) is 20.9. The van der Waals surface area contributed by atoms with Crippen LogP contribution < -0.4 is 10.6 Å². The first kappa shape index (κ1) is 21.3. The maximum atomic E-state index is 13.0. The summed E-state index contributed by atoms with van der Waals surface area (Å²) < 4.78 is 27.6. The third-order valence-corrected chi connectivity index (χ3v) is 7.26. The molecule has 156 valence electrons. The number of hydrogen-bond donors (Lipinski definition) is 2. The van der Waals surface area contributed by atoms with Crippen molar-refractivity contribution in [2.45, 2.75) is 44.4 Å². The Morgan fingerprint density at radius 2 is 1.66 bits per heavy atom. The van der Waals surface area contributed by atoms with Gasteiger partial charge in [-0.25, -0.2) is 8.42 Å². The Labute approximate surface area is 173 Å². The van der Waals surface area contributed by atoms with E-state index in [1.54, 1.807) is 29.4 Å². The van der Waals surface area contributed by atoms with Crippen LogP contribution in [-0.2, 0) is 21.2 Å². The van der Waals surface area contributed by atoms with Crippen LogP contribution in [0.5, 0.6) is 0 Å². The third kappa shape index (κ3) is 5.36. The minimum Gasteiger partial charge on any atom is -0.376 e. The standard InChI is InChI=1S/C22H29N3O3S/c1-3-18-8-11-19(12-9-18)24-22(26)16-23-20-10-7-17(2)21(15-20)29(27,28)25-13-5-4-6-14-25/h7-12,15,23H,3-6,13-14,16H2,1-2H3,(H,24,26). The van der Waals surface area contributed by atoms with Gasteiger partial charge in [0.1, 0.15) is 0 Å². The van der Waals surface area contributed by atoms with Gasteiger partial charge in [-0.05, 0) is 61.6 Å². The topological polar surface area (TPSA) is 78.5 Å². The lowest BCUT2D eigenvalue weighted by atomic mass is 10.1. The van der Waals surface area contributed by atoms with Gasteiger partial charge in [-0.1, -0.05) is 31.5 Å². The number of carbonyl (C=O) groups is 1. The largest absolute Gasteiger partial charge is 0.376 e. The van der Waals surface area contributed by atoms with Crippen molar-refractivity contribution in [2.75, 3.05) is 30.3 Å². The summed E-state index contributed by atoms with van der Waals surface area (Å²) in [5.74, 6) is -0.185. The number of aryl methyl sites for hydroxylation is 2. The Morgan fingerprint density at radius 3 is 2.31 bits per heavy atom. The van der Waals surface area contributed by atoms with Crippen molar-refractivity contribution in [3.63, 3.8) is 0 Å². The highest BCUT2D eigenvalue weighted by Crippen LogP contribution is 2.26. The molecule has 29 heavy (non-hydrogen) atoms. The second kappa shape index (κ2) is 9.41. The van der Waals surface area contributed by atoms with Crippen LogP contribution in [0, 0.1) is 6.92 Å². The fraction of sp³-hybridized carbons (Fsp3) is 0.409. The lowest BCUT2D eigenvalue weighted by molar-refractivity contribution is -0.114. The molecule has 7 heteroatoms. The summed E-state index contributed by atoms with van der Waals surface area (Å²) in [7, 11) is -3.52. The maximum absolute atomic E-state index is 13.0. The van der Waals surface area contributed by atoms with Crippen LogP contribution >= 0.6 is 0 Å². The van der Waals surface area contributed by atoms with E-state index in [1.807, 2.05) is 24.3 Å². The number of anilines is 2. The van der Waals surface area contributed by atoms with Crippen LogP contribution in [0.25, 0.3) is 0 Å². The van der Waals surface area contributed by atoms with Gasteiger partial charge in [0.15, 0.2) is 0 Å². The molecule has 3 rings (SSSR count). The van der Waals surface area contributed by atoms with Crippen molar-refractivity contribution in [3.8, 4) is 0 Å². The summed E-state index contributed by atoms with van der Waals surface area (Å²) >= 11 is 0. The average Bonchev–Trinajstić information content (AvgIpc) is 2.74. The van der Waals surface area contributed by atoms with Crippen LogP contribution in [0.4, 0.5) is 11.4 Å². The molecule has 1 aliphatic rings. The van der Waals surface area contributed by atoms with Gasteiger partial charge >= 0.3 is 0 Å². The predicted molar refractivity (Wildman–Crippen MR) is 117 cm³/mol. The molecule has 2 N–H and O–H groups in total. The molecule has 6 nitrogen and oxygen atoms in total. The Bertz CT molecular complexity index is 950. The zero-order valence-electron chi connectivity index (χ0n) is 17.1. The second-order valence-corrected chi connectivity index (χ2v) is 9.30. The number of nitrogens with zero attached hydrogens (tertiary/aromatic N) is 1. The minimum absolute atomic E-state index is 0.0573. The number of benzene rings is 2. The van der Waals surface area contributed by atoms with Gasteiger partial charge in [0.2, 0.25) is 15.9 Å². The molecule has 1 heterocycles. The highest BCUT2D eigenvalue weighted by molar-refractivity contribution is 7.89. The van der Waals surface area contributed by atoms with Gasteiger partial charge in [0, 0.05) is 24.5 Å². The number of sulfonamides is 1. The molecular weight excluding hydrogens is 386 g/mol. The van der Waals surface area contributed by atoms with Gasteiger partial charge in [0.05, 0.1) is 11.4 Å². The summed E-state index contributed by atoms with van der Waals surface area (Å²) in [5.41, 5.74) is 3.28. The molecule has 0 spiro atoms. The molecule has 1 fully saturated rings. The van der Waals surface area contributed by atoms with Crippen LogP contribution in [-0.4, -0.2) is 38.3 Å². The van der Waals surface area contributed by atoms with Crippen LogP contribution in [0.2, 0.25) is 0 Å². The van der Waals surface area contributed by atoms with Gasteiger partial charge in [-0.3, -0.25) is 4.79 Å². The van der Waals surface area contributed by atoms with Gasteiger partial charge in [-0.15, -0.1) is 0 Å². The lowest BCUT2D eigenvalue weighted by Gasteiger charge is -2.26. The van der Waals surface area contributed by atoms with Crippen LogP contribution in [0.3, 0.4) is 0 Å². The van der Waals surface area contributed by atoms with E-state index in [0.29, 0.717) is 29.2 Å². The molecule has 0 aromatic heterocycles. The van der Waals surface area contributed by atoms with Crippen molar-refractivity contribution in [2.24, 2.45) is 0 Å². The van der Waals surface area contributed by atoms with Crippen molar-refractivity contribution >= 4 is 27.3 Å². The van der Waals surface area contributed by atoms with E-state index in [0.717, 1.165) is 31.4 Å². The summed E-state index contributed by atoms with van der Waals surface area (Å²) in [6, 6.07) is 12.9. The Kier molecular flexibility index (Phi) is 6.92. The maximum Gasteiger partial charge on any atom is 0.243 e. The number of carbonyl (C=O) groups excluding carboxylic acids is 1. The quantitative estimate of drug-likeness (QED) is 0.721. The molecule has 1 aliphatic heterocycles. The fourth-order valence-electron chi connectivity index (χ4n) is 3.44.